The lowest BCUT2D eigenvalue weighted by molar-refractivity contribution is 0.0755. The van der Waals surface area contributed by atoms with Crippen molar-refractivity contribution in [2.75, 3.05) is 19.7 Å². The van der Waals surface area contributed by atoms with Gasteiger partial charge in [-0.25, -0.2) is 0 Å². The number of hydrogen-bond donors (Lipinski definition) is 1. The second-order valence-electron chi connectivity index (χ2n) is 5.95. The Balaban J connectivity index is 2.36. The molecule has 0 spiro atoms. The van der Waals surface area contributed by atoms with Crippen LogP contribution in [0.2, 0.25) is 0 Å². The van der Waals surface area contributed by atoms with Crippen LogP contribution in [0.15, 0.2) is 24.3 Å². The normalized spacial score (nSPS) is 17.9. The monoisotopic (exact) mass is 290 g/mol. The summed E-state index contributed by atoms with van der Waals surface area (Å²) in [6.07, 6.45) is 4.74. The Bertz CT molecular complexity index is 437. The molecular formula is C18H30N2O. The van der Waals surface area contributed by atoms with Gasteiger partial charge in [-0.15, -0.1) is 0 Å². The van der Waals surface area contributed by atoms with Gasteiger partial charge in [0.2, 0.25) is 0 Å². The zero-order valence-corrected chi connectivity index (χ0v) is 13.8. The van der Waals surface area contributed by atoms with E-state index >= 15 is 0 Å². The Kier molecular flexibility index (Phi) is 5.65. The van der Waals surface area contributed by atoms with E-state index in [1.807, 2.05) is 19.1 Å². The van der Waals surface area contributed by atoms with E-state index in [1.54, 1.807) is 0 Å². The van der Waals surface area contributed by atoms with Crippen LogP contribution in [0.4, 0.5) is 0 Å². The van der Waals surface area contributed by atoms with Gasteiger partial charge in [-0.1, -0.05) is 32.0 Å². The Hall–Kier alpha value is -1.06. The van der Waals surface area contributed by atoms with Crippen molar-refractivity contribution >= 4 is 0 Å². The molecule has 0 bridgehead atoms. The maximum atomic E-state index is 6.78. The molecule has 1 aliphatic heterocycles. The van der Waals surface area contributed by atoms with Gasteiger partial charge >= 0.3 is 0 Å². The molecular weight excluding hydrogens is 260 g/mol. The smallest absolute Gasteiger partial charge is 0.124 e. The Morgan fingerprint density at radius 3 is 2.33 bits per heavy atom. The lowest BCUT2D eigenvalue weighted by atomic mass is 9.79. The van der Waals surface area contributed by atoms with Crippen molar-refractivity contribution in [3.8, 4) is 5.75 Å². The van der Waals surface area contributed by atoms with Crippen molar-refractivity contribution in [1.29, 1.82) is 0 Å². The highest BCUT2D eigenvalue weighted by Crippen LogP contribution is 2.40. The summed E-state index contributed by atoms with van der Waals surface area (Å²) in [4.78, 5) is 2.61. The topological polar surface area (TPSA) is 38.5 Å². The largest absolute Gasteiger partial charge is 0.494 e. The predicted molar refractivity (Wildman–Crippen MR) is 88.7 cm³/mol. The van der Waals surface area contributed by atoms with Gasteiger partial charge < -0.3 is 10.5 Å². The van der Waals surface area contributed by atoms with Crippen molar-refractivity contribution in [1.82, 2.24) is 4.90 Å². The van der Waals surface area contributed by atoms with E-state index in [2.05, 4.69) is 30.9 Å². The average molecular weight is 290 g/mol. The molecule has 1 aliphatic rings. The Morgan fingerprint density at radius 1 is 1.14 bits per heavy atom. The molecule has 0 aliphatic carbocycles. The summed E-state index contributed by atoms with van der Waals surface area (Å²) in [7, 11) is 0. The second kappa shape index (κ2) is 7.28. The first-order chi connectivity index (χ1) is 10.2. The third-order valence-corrected chi connectivity index (χ3v) is 5.09. The Labute approximate surface area is 129 Å². The van der Waals surface area contributed by atoms with Crippen LogP contribution in [0.5, 0.6) is 5.75 Å². The van der Waals surface area contributed by atoms with Crippen LogP contribution in [-0.4, -0.2) is 30.1 Å². The number of benzene rings is 1. The highest BCUT2D eigenvalue weighted by molar-refractivity contribution is 5.38. The molecule has 1 aromatic carbocycles. The lowest BCUT2D eigenvalue weighted by Crippen LogP contribution is -2.53. The van der Waals surface area contributed by atoms with E-state index in [-0.39, 0.29) is 11.6 Å². The van der Waals surface area contributed by atoms with Crippen molar-refractivity contribution in [2.24, 2.45) is 5.73 Å². The molecule has 2 rings (SSSR count). The summed E-state index contributed by atoms with van der Waals surface area (Å²) in [5.74, 6) is 0.943. The van der Waals surface area contributed by atoms with E-state index in [1.165, 1.54) is 25.9 Å². The number of nitrogens with two attached hydrogens (primary N) is 1. The Morgan fingerprint density at radius 2 is 1.76 bits per heavy atom. The van der Waals surface area contributed by atoms with Gasteiger partial charge in [-0.2, -0.15) is 0 Å². The number of nitrogens with zero attached hydrogens (tertiary/aromatic N) is 1. The molecule has 1 unspecified atom stereocenters. The maximum absolute atomic E-state index is 6.78. The van der Waals surface area contributed by atoms with Crippen LogP contribution in [-0.2, 0) is 0 Å². The minimum absolute atomic E-state index is 0.00616. The van der Waals surface area contributed by atoms with Crippen molar-refractivity contribution in [2.45, 2.75) is 58.0 Å². The number of ether oxygens (including phenoxy) is 1. The molecule has 118 valence electrons. The molecule has 21 heavy (non-hydrogen) atoms. The van der Waals surface area contributed by atoms with Crippen LogP contribution in [0.1, 0.15) is 58.1 Å². The van der Waals surface area contributed by atoms with E-state index in [4.69, 9.17) is 10.5 Å². The zero-order chi connectivity index (χ0) is 15.3. The minimum atomic E-state index is -0.00616. The molecule has 1 saturated heterocycles. The van der Waals surface area contributed by atoms with Gasteiger partial charge in [0.1, 0.15) is 5.75 Å². The van der Waals surface area contributed by atoms with Crippen LogP contribution in [0, 0.1) is 0 Å². The standard InChI is InChI=1S/C18H30N2O/c1-4-18(5-2,20-13-9-10-14-20)17(19)15-11-7-8-12-16(15)21-6-3/h7-8,11-12,17H,4-6,9-10,13-14,19H2,1-3H3. The number of para-hydroxylation sites is 1. The van der Waals surface area contributed by atoms with Gasteiger partial charge in [0.15, 0.2) is 0 Å². The van der Waals surface area contributed by atoms with E-state index in [0.29, 0.717) is 6.61 Å². The first kappa shape index (κ1) is 16.3. The average Bonchev–Trinajstić information content (AvgIpc) is 3.05. The highest BCUT2D eigenvalue weighted by atomic mass is 16.5. The van der Waals surface area contributed by atoms with Gasteiger partial charge in [0, 0.05) is 11.1 Å². The number of rotatable bonds is 7. The molecule has 0 aromatic heterocycles. The van der Waals surface area contributed by atoms with Gasteiger partial charge in [-0.3, -0.25) is 4.90 Å². The summed E-state index contributed by atoms with van der Waals surface area (Å²) in [6.45, 7) is 9.59. The number of likely N-dealkylation sites (tertiary alicyclic amines) is 1. The summed E-state index contributed by atoms with van der Waals surface area (Å²) in [5, 5.41) is 0. The zero-order valence-electron chi connectivity index (χ0n) is 13.8. The molecule has 0 radical (unpaired) electrons. The van der Waals surface area contributed by atoms with Gasteiger partial charge in [0.05, 0.1) is 12.6 Å². The first-order valence-electron chi connectivity index (χ1n) is 8.42. The highest BCUT2D eigenvalue weighted by Gasteiger charge is 2.41. The summed E-state index contributed by atoms with van der Waals surface area (Å²) in [5.41, 5.74) is 7.98. The predicted octanol–water partition coefficient (Wildman–Crippen LogP) is 3.74. The number of hydrogen-bond acceptors (Lipinski definition) is 3. The van der Waals surface area contributed by atoms with Crippen molar-refractivity contribution in [3.05, 3.63) is 29.8 Å². The first-order valence-corrected chi connectivity index (χ1v) is 8.42. The van der Waals surface area contributed by atoms with Crippen LogP contribution < -0.4 is 10.5 Å². The molecule has 3 heteroatoms. The SMILES string of the molecule is CCOc1ccccc1C(N)C(CC)(CC)N1CCCC1. The summed E-state index contributed by atoms with van der Waals surface area (Å²) < 4.78 is 5.81. The van der Waals surface area contributed by atoms with E-state index in [9.17, 15) is 0 Å². The molecule has 1 heterocycles. The lowest BCUT2D eigenvalue weighted by Gasteiger charge is -2.45. The van der Waals surface area contributed by atoms with E-state index in [0.717, 1.165) is 24.2 Å². The molecule has 3 nitrogen and oxygen atoms in total. The minimum Gasteiger partial charge on any atom is -0.494 e. The fraction of sp³-hybridized carbons (Fsp3) is 0.667. The fourth-order valence-electron chi connectivity index (χ4n) is 3.81. The van der Waals surface area contributed by atoms with Crippen molar-refractivity contribution in [3.63, 3.8) is 0 Å². The molecule has 1 fully saturated rings. The fourth-order valence-corrected chi connectivity index (χ4v) is 3.81. The van der Waals surface area contributed by atoms with Crippen LogP contribution in [0.25, 0.3) is 0 Å². The molecule has 1 aromatic rings. The molecule has 0 amide bonds. The van der Waals surface area contributed by atoms with Crippen LogP contribution >= 0.6 is 0 Å². The summed E-state index contributed by atoms with van der Waals surface area (Å²) >= 11 is 0. The molecule has 0 saturated carbocycles. The quantitative estimate of drug-likeness (QED) is 0.831. The van der Waals surface area contributed by atoms with E-state index < -0.39 is 0 Å². The maximum Gasteiger partial charge on any atom is 0.124 e. The second-order valence-corrected chi connectivity index (χ2v) is 5.95. The van der Waals surface area contributed by atoms with Gasteiger partial charge in [0.25, 0.3) is 0 Å². The molecule has 2 N–H and O–H groups in total. The van der Waals surface area contributed by atoms with Gasteiger partial charge in [-0.05, 0) is 51.8 Å². The third kappa shape index (κ3) is 3.09. The molecule has 1 atom stereocenters. The van der Waals surface area contributed by atoms with Crippen LogP contribution in [0.3, 0.4) is 0 Å². The third-order valence-electron chi connectivity index (χ3n) is 5.09. The van der Waals surface area contributed by atoms with Crippen molar-refractivity contribution < 1.29 is 4.74 Å². The summed E-state index contributed by atoms with van der Waals surface area (Å²) in [6, 6.07) is 8.26.